The first kappa shape index (κ1) is 36.8. The van der Waals surface area contributed by atoms with Crippen LogP contribution in [-0.4, -0.2) is 0 Å². The average Bonchev–Trinajstić information content (AvgIpc) is 3.70. The first-order chi connectivity index (χ1) is 29.8. The molecule has 1 heteroatoms. The van der Waals surface area contributed by atoms with E-state index in [1.807, 2.05) is 0 Å². The molecule has 9 aromatic carbocycles. The van der Waals surface area contributed by atoms with Crippen LogP contribution in [0.25, 0.3) is 66.8 Å². The second-order valence-corrected chi connectivity index (χ2v) is 17.7. The second kappa shape index (κ2) is 14.2. The summed E-state index contributed by atoms with van der Waals surface area (Å²) in [5.74, 6) is 0. The first-order valence-electron chi connectivity index (χ1n) is 21.5. The number of nitrogens with zero attached hydrogens (tertiary/aromatic N) is 1. The van der Waals surface area contributed by atoms with Crippen molar-refractivity contribution in [3.8, 4) is 66.8 Å². The van der Waals surface area contributed by atoms with E-state index in [1.54, 1.807) is 0 Å². The number of rotatable bonds is 7. The SMILES string of the molecule is CC1(C)c2ccccc2-c2c(-c3ccccc3N(c3cccc(-c4cccc5c4C(C)(C)c4ccccc4-5)c3)c3ccccc3-c3ccc(-c4ccccc4)cc3)cccc21. The zero-order valence-corrected chi connectivity index (χ0v) is 35.2. The normalized spacial score (nSPS) is 13.8. The Kier molecular flexibility index (Phi) is 8.58. The third-order valence-corrected chi connectivity index (χ3v) is 13.5. The van der Waals surface area contributed by atoms with Crippen LogP contribution in [0.3, 0.4) is 0 Å². The van der Waals surface area contributed by atoms with Crippen LogP contribution in [0, 0.1) is 0 Å². The van der Waals surface area contributed by atoms with Gasteiger partial charge < -0.3 is 4.90 Å². The largest absolute Gasteiger partial charge is 0.309 e. The van der Waals surface area contributed by atoms with Crippen molar-refractivity contribution in [1.82, 2.24) is 0 Å². The average molecular weight is 782 g/mol. The van der Waals surface area contributed by atoms with Gasteiger partial charge in [-0.3, -0.25) is 0 Å². The van der Waals surface area contributed by atoms with Crippen LogP contribution in [0.2, 0.25) is 0 Å². The summed E-state index contributed by atoms with van der Waals surface area (Å²) >= 11 is 0. The van der Waals surface area contributed by atoms with E-state index in [0.717, 1.165) is 17.1 Å². The van der Waals surface area contributed by atoms with Crippen molar-refractivity contribution in [2.24, 2.45) is 0 Å². The molecule has 61 heavy (non-hydrogen) atoms. The minimum absolute atomic E-state index is 0.104. The molecule has 2 aliphatic carbocycles. The molecule has 0 fully saturated rings. The fourth-order valence-corrected chi connectivity index (χ4v) is 10.6. The van der Waals surface area contributed by atoms with Crippen molar-refractivity contribution < 1.29 is 0 Å². The van der Waals surface area contributed by atoms with Gasteiger partial charge in [-0.25, -0.2) is 0 Å². The third kappa shape index (κ3) is 5.83. The first-order valence-corrected chi connectivity index (χ1v) is 21.5. The quantitative estimate of drug-likeness (QED) is 0.156. The maximum atomic E-state index is 2.51. The van der Waals surface area contributed by atoms with E-state index in [4.69, 9.17) is 0 Å². The Morgan fingerprint density at radius 2 is 0.770 bits per heavy atom. The summed E-state index contributed by atoms with van der Waals surface area (Å²) in [6, 6.07) is 78.5. The fraction of sp³-hybridized carbons (Fsp3) is 0.100. The Hall–Kier alpha value is -7.22. The minimum atomic E-state index is -0.138. The summed E-state index contributed by atoms with van der Waals surface area (Å²) in [6.45, 7) is 9.49. The minimum Gasteiger partial charge on any atom is -0.309 e. The maximum absolute atomic E-state index is 2.51. The molecule has 0 heterocycles. The summed E-state index contributed by atoms with van der Waals surface area (Å²) in [5, 5.41) is 0. The van der Waals surface area contributed by atoms with Crippen molar-refractivity contribution >= 4 is 17.1 Å². The predicted octanol–water partition coefficient (Wildman–Crippen LogP) is 16.4. The smallest absolute Gasteiger partial charge is 0.0540 e. The summed E-state index contributed by atoms with van der Waals surface area (Å²) in [6.07, 6.45) is 0. The molecule has 9 aromatic rings. The van der Waals surface area contributed by atoms with E-state index in [9.17, 15) is 0 Å². The third-order valence-electron chi connectivity index (χ3n) is 13.5. The van der Waals surface area contributed by atoms with Gasteiger partial charge >= 0.3 is 0 Å². The van der Waals surface area contributed by atoms with Gasteiger partial charge in [0.1, 0.15) is 0 Å². The van der Waals surface area contributed by atoms with E-state index in [0.29, 0.717) is 0 Å². The molecule has 0 unspecified atom stereocenters. The Morgan fingerprint density at radius 1 is 0.295 bits per heavy atom. The lowest BCUT2D eigenvalue weighted by Gasteiger charge is -2.31. The lowest BCUT2D eigenvalue weighted by Crippen LogP contribution is -2.16. The molecule has 11 rings (SSSR count). The Bertz CT molecular complexity index is 3130. The van der Waals surface area contributed by atoms with Gasteiger partial charge in [0.15, 0.2) is 0 Å². The van der Waals surface area contributed by atoms with Gasteiger partial charge in [0, 0.05) is 27.6 Å². The predicted molar refractivity (Wildman–Crippen MR) is 258 cm³/mol. The number of para-hydroxylation sites is 2. The van der Waals surface area contributed by atoms with Crippen LogP contribution in [-0.2, 0) is 10.8 Å². The van der Waals surface area contributed by atoms with Gasteiger partial charge in [0.2, 0.25) is 0 Å². The summed E-state index contributed by atoms with van der Waals surface area (Å²) in [5.41, 5.74) is 23.7. The molecule has 0 radical (unpaired) electrons. The highest BCUT2D eigenvalue weighted by atomic mass is 15.1. The molecule has 0 aromatic heterocycles. The number of hydrogen-bond donors (Lipinski definition) is 0. The Morgan fingerprint density at radius 3 is 1.52 bits per heavy atom. The van der Waals surface area contributed by atoms with Crippen LogP contribution in [0.1, 0.15) is 49.9 Å². The molecule has 0 N–H and O–H groups in total. The van der Waals surface area contributed by atoms with Gasteiger partial charge in [0.25, 0.3) is 0 Å². The van der Waals surface area contributed by atoms with Crippen molar-refractivity contribution in [1.29, 1.82) is 0 Å². The van der Waals surface area contributed by atoms with Crippen LogP contribution in [0.5, 0.6) is 0 Å². The number of benzene rings is 9. The molecular weight excluding hydrogens is 735 g/mol. The molecule has 0 aliphatic heterocycles. The monoisotopic (exact) mass is 781 g/mol. The molecular formula is C60H47N. The molecule has 0 saturated heterocycles. The molecule has 1 nitrogen and oxygen atoms in total. The van der Waals surface area contributed by atoms with E-state index in [1.165, 1.54) is 89.0 Å². The summed E-state index contributed by atoms with van der Waals surface area (Å²) in [7, 11) is 0. The second-order valence-electron chi connectivity index (χ2n) is 17.7. The zero-order valence-electron chi connectivity index (χ0n) is 35.2. The van der Waals surface area contributed by atoms with E-state index in [2.05, 4.69) is 245 Å². The number of anilines is 3. The number of fused-ring (bicyclic) bond motifs is 6. The van der Waals surface area contributed by atoms with Crippen LogP contribution in [0.15, 0.2) is 212 Å². The van der Waals surface area contributed by atoms with Crippen molar-refractivity contribution in [2.45, 2.75) is 38.5 Å². The van der Waals surface area contributed by atoms with Crippen LogP contribution >= 0.6 is 0 Å². The lowest BCUT2D eigenvalue weighted by molar-refractivity contribution is 0.660. The molecule has 2 aliphatic rings. The van der Waals surface area contributed by atoms with E-state index < -0.39 is 0 Å². The van der Waals surface area contributed by atoms with Gasteiger partial charge in [-0.2, -0.15) is 0 Å². The highest BCUT2D eigenvalue weighted by Gasteiger charge is 2.38. The number of hydrogen-bond acceptors (Lipinski definition) is 1. The van der Waals surface area contributed by atoms with Gasteiger partial charge in [0.05, 0.1) is 11.4 Å². The standard InChI is InChI=1S/C60H47N/c1-59(2)53-31-13-9-26-51(53)57-49(28-18-32-54(57)59)48-25-11-15-34-56(48)61(55-33-14-10-23-45(55)42-37-35-41(36-38-42)40-19-6-5-7-20-40)44-22-16-21-43(39-44)46-27-17-29-50-47-24-8-12-30-52(47)60(3,4)58(46)50/h5-39H,1-4H3. The highest BCUT2D eigenvalue weighted by Crippen LogP contribution is 2.55. The lowest BCUT2D eigenvalue weighted by atomic mass is 9.79. The van der Waals surface area contributed by atoms with Gasteiger partial charge in [-0.05, 0) is 102 Å². The molecule has 0 spiro atoms. The summed E-state index contributed by atoms with van der Waals surface area (Å²) in [4.78, 5) is 2.51. The molecule has 292 valence electrons. The molecule has 0 atom stereocenters. The fourth-order valence-electron chi connectivity index (χ4n) is 10.6. The summed E-state index contributed by atoms with van der Waals surface area (Å²) < 4.78 is 0. The Balaban J connectivity index is 1.13. The molecule has 0 bridgehead atoms. The highest BCUT2D eigenvalue weighted by molar-refractivity contribution is 6.00. The molecule has 0 saturated carbocycles. The van der Waals surface area contributed by atoms with Gasteiger partial charge in [-0.15, -0.1) is 0 Å². The van der Waals surface area contributed by atoms with Gasteiger partial charge in [-0.1, -0.05) is 216 Å². The Labute approximate surface area is 360 Å². The van der Waals surface area contributed by atoms with E-state index >= 15 is 0 Å². The molecule has 0 amide bonds. The van der Waals surface area contributed by atoms with Crippen molar-refractivity contribution in [3.05, 3.63) is 235 Å². The van der Waals surface area contributed by atoms with Crippen molar-refractivity contribution in [3.63, 3.8) is 0 Å². The topological polar surface area (TPSA) is 3.24 Å². The van der Waals surface area contributed by atoms with Crippen LogP contribution in [0.4, 0.5) is 17.1 Å². The van der Waals surface area contributed by atoms with E-state index in [-0.39, 0.29) is 10.8 Å². The maximum Gasteiger partial charge on any atom is 0.0540 e. The van der Waals surface area contributed by atoms with Crippen LogP contribution < -0.4 is 4.90 Å². The zero-order chi connectivity index (χ0) is 41.3. The van der Waals surface area contributed by atoms with Crippen molar-refractivity contribution in [2.75, 3.05) is 4.90 Å².